The minimum atomic E-state index is -1.52. The van der Waals surface area contributed by atoms with E-state index in [0.717, 1.165) is 0 Å². The second-order valence-electron chi connectivity index (χ2n) is 1.95. The van der Waals surface area contributed by atoms with Crippen LogP contribution in [0.4, 0.5) is 0 Å². The second-order valence-corrected chi connectivity index (χ2v) is 12.8. The van der Waals surface area contributed by atoms with Gasteiger partial charge < -0.3 is 0 Å². The molecule has 0 aliphatic carbocycles. The molecule has 0 nitrogen and oxygen atoms in total. The summed E-state index contributed by atoms with van der Waals surface area (Å²) in [7, 11) is 28.8. The van der Waals surface area contributed by atoms with Crippen LogP contribution in [0.25, 0.3) is 0 Å². The van der Waals surface area contributed by atoms with Gasteiger partial charge in [0.25, 0.3) is 0 Å². The Kier molecular flexibility index (Phi) is 7.70. The van der Waals surface area contributed by atoms with Crippen LogP contribution in [-0.4, -0.2) is 60.8 Å². The second kappa shape index (κ2) is 6.49. The van der Waals surface area contributed by atoms with Gasteiger partial charge >= 0.3 is 94.9 Å². The van der Waals surface area contributed by atoms with Crippen molar-refractivity contribution in [3.8, 4) is 0 Å². The first-order valence-electron chi connectivity index (χ1n) is 2.91. The van der Waals surface area contributed by atoms with Crippen molar-refractivity contribution in [3.63, 3.8) is 0 Å². The van der Waals surface area contributed by atoms with Gasteiger partial charge in [0.2, 0.25) is 0 Å². The summed E-state index contributed by atoms with van der Waals surface area (Å²) in [5.41, 5.74) is 0. The Morgan fingerprint density at radius 2 is 1.64 bits per heavy atom. The Hall–Kier alpha value is 2.04. The van der Waals surface area contributed by atoms with Crippen molar-refractivity contribution in [2.45, 2.75) is 0 Å². The van der Waals surface area contributed by atoms with Crippen molar-refractivity contribution in [1.29, 1.82) is 0 Å². The summed E-state index contributed by atoms with van der Waals surface area (Å²) in [5, 5.41) is 0. The van der Waals surface area contributed by atoms with Crippen LogP contribution < -0.4 is 0 Å². The van der Waals surface area contributed by atoms with Crippen LogP contribution in [0.2, 0.25) is 0 Å². The summed E-state index contributed by atoms with van der Waals surface area (Å²) >= 11 is 0.722. The average Bonchev–Trinajstić information content (AvgIpc) is 1.88. The zero-order valence-corrected chi connectivity index (χ0v) is 10.3. The van der Waals surface area contributed by atoms with Crippen molar-refractivity contribution in [1.82, 2.24) is 0 Å². The van der Waals surface area contributed by atoms with Crippen molar-refractivity contribution >= 4 is 94.9 Å². The van der Waals surface area contributed by atoms with E-state index in [2.05, 4.69) is 18.6 Å². The normalized spacial score (nSPS) is 10.1. The molecular weight excluding hydrogens is 351 g/mol. The summed E-state index contributed by atoms with van der Waals surface area (Å²) in [6, 6.07) is 0. The van der Waals surface area contributed by atoms with E-state index in [-0.39, 0.29) is 8.70 Å². The molecule has 0 fully saturated rings. The van der Waals surface area contributed by atoms with Gasteiger partial charge in [-0.3, -0.25) is 0 Å². The molecule has 11 heavy (non-hydrogen) atoms. The van der Waals surface area contributed by atoms with Crippen LogP contribution in [0.1, 0.15) is 0 Å². The molecule has 0 rings (SSSR count). The molecule has 0 saturated heterocycles. The molecule has 0 aliphatic heterocycles. The summed E-state index contributed by atoms with van der Waals surface area (Å²) in [6.45, 7) is 0. The Bertz CT molecular complexity index is 99.7. The molecular formula is B9I2. The van der Waals surface area contributed by atoms with E-state index >= 15 is 0 Å². The molecule has 0 amide bonds. The van der Waals surface area contributed by atoms with E-state index in [1.54, 1.807) is 0 Å². The first-order chi connectivity index (χ1) is 5.00. The topological polar surface area (TPSA) is 0 Å². The third-order valence-electron chi connectivity index (χ3n) is 1.03. The van der Waals surface area contributed by atoms with Gasteiger partial charge in [0.15, 0.2) is 0 Å². The zero-order valence-electron chi connectivity index (χ0n) is 5.95. The van der Waals surface area contributed by atoms with E-state index in [0.29, 0.717) is 0 Å². The van der Waals surface area contributed by atoms with E-state index < -0.39 is 21.8 Å². The fourth-order valence-electron chi connectivity index (χ4n) is 0.505. The van der Waals surface area contributed by atoms with Crippen molar-refractivity contribution in [2.75, 3.05) is 0 Å². The van der Waals surface area contributed by atoms with E-state index in [1.165, 1.54) is 7.06 Å². The monoisotopic (exact) mass is 353 g/mol. The van der Waals surface area contributed by atoms with Crippen LogP contribution in [0.15, 0.2) is 0 Å². The van der Waals surface area contributed by atoms with Crippen LogP contribution >= 0.6 is 34.0 Å². The Labute approximate surface area is 93.7 Å². The van der Waals surface area contributed by atoms with Crippen LogP contribution in [0, 0.1) is 0 Å². The predicted molar refractivity (Wildman–Crippen MR) is 79.8 cm³/mol. The molecule has 11 heteroatoms. The maximum absolute atomic E-state index is 5.50. The van der Waals surface area contributed by atoms with E-state index in [4.69, 9.17) is 38.7 Å². The molecule has 0 bridgehead atoms. The molecule has 0 aliphatic rings. The quantitative estimate of drug-likeness (QED) is 0.421. The Morgan fingerprint density at radius 1 is 1.18 bits per heavy atom. The fourth-order valence-corrected chi connectivity index (χ4v) is 5.81. The number of rotatable bonds is 4. The summed E-state index contributed by atoms with van der Waals surface area (Å²) in [4.78, 5) is 0. The van der Waals surface area contributed by atoms with Crippen molar-refractivity contribution in [2.24, 2.45) is 0 Å². The van der Waals surface area contributed by atoms with Gasteiger partial charge in [-0.2, -0.15) is 0 Å². The number of hydrogen-bond donors (Lipinski definition) is 0. The van der Waals surface area contributed by atoms with Gasteiger partial charge in [-0.15, -0.1) is 0 Å². The molecule has 0 aromatic carbocycles. The number of hydrogen-bond acceptors (Lipinski definition) is 0. The third-order valence-corrected chi connectivity index (χ3v) is 12.3. The molecule has 0 heterocycles. The maximum atomic E-state index is 5.50. The molecule has 0 spiro atoms. The SMILES string of the molecule is [B][B]B(B([B])[B])I(I)B([B])[B]. The minimum absolute atomic E-state index is 0.0137. The first kappa shape index (κ1) is 13.0. The first-order valence-corrected chi connectivity index (χ1v) is 11.7. The summed E-state index contributed by atoms with van der Waals surface area (Å²) in [5.74, 6) is 0. The molecule has 0 unspecified atom stereocenters. The molecule has 11 radical (unpaired) electrons. The molecule has 0 atom stereocenters. The molecule has 41 valence electrons. The van der Waals surface area contributed by atoms with Crippen LogP contribution in [0.5, 0.6) is 0 Å². The molecule has 0 aromatic heterocycles. The van der Waals surface area contributed by atoms with Crippen LogP contribution in [0.3, 0.4) is 0 Å². The van der Waals surface area contributed by atoms with E-state index in [9.17, 15) is 0 Å². The van der Waals surface area contributed by atoms with Crippen molar-refractivity contribution < 1.29 is 0 Å². The summed E-state index contributed by atoms with van der Waals surface area (Å²) < 4.78 is -0.279. The Morgan fingerprint density at radius 3 is 1.73 bits per heavy atom. The third kappa shape index (κ3) is 4.72. The fraction of sp³-hybridized carbons (Fsp3) is 0. The van der Waals surface area contributed by atoms with Gasteiger partial charge in [-0.1, -0.05) is 0 Å². The van der Waals surface area contributed by atoms with Gasteiger partial charge in [0, 0.05) is 0 Å². The molecule has 0 N–H and O–H groups in total. The number of halogens is 2. The van der Waals surface area contributed by atoms with Gasteiger partial charge in [-0.05, 0) is 0 Å². The standard InChI is InChI=1S/B9I2/c1-6-9(7(2)3)11(10)8(4)5. The zero-order chi connectivity index (χ0) is 9.02. The molecule has 0 aromatic rings. The van der Waals surface area contributed by atoms with E-state index in [1.807, 2.05) is 0 Å². The molecule has 0 saturated carbocycles. The van der Waals surface area contributed by atoms with Gasteiger partial charge in [0.1, 0.15) is 0 Å². The Balaban J connectivity index is 4.02. The predicted octanol–water partition coefficient (Wildman–Crippen LogP) is -1.66. The summed E-state index contributed by atoms with van der Waals surface area (Å²) in [6.07, 6.45) is -0.434. The van der Waals surface area contributed by atoms with Crippen LogP contribution in [-0.2, 0) is 0 Å². The average molecular weight is 351 g/mol. The van der Waals surface area contributed by atoms with Gasteiger partial charge in [-0.25, -0.2) is 0 Å². The van der Waals surface area contributed by atoms with Gasteiger partial charge in [0.05, 0.1) is 0 Å². The van der Waals surface area contributed by atoms with Crippen molar-refractivity contribution in [3.05, 3.63) is 0 Å².